The van der Waals surface area contributed by atoms with Crippen molar-refractivity contribution in [2.45, 2.75) is 30.7 Å². The number of hydrogen-bond donors (Lipinski definition) is 0. The largest absolute Gasteiger partial charge is 0.379 e. The van der Waals surface area contributed by atoms with Crippen molar-refractivity contribution in [3.05, 3.63) is 16.9 Å². The fourth-order valence-corrected chi connectivity index (χ4v) is 1.44. The van der Waals surface area contributed by atoms with Gasteiger partial charge in [0.1, 0.15) is 6.54 Å². The third-order valence-electron chi connectivity index (χ3n) is 2.11. The Morgan fingerprint density at radius 2 is 1.68 bits per heavy atom. The predicted molar refractivity (Wildman–Crippen MR) is 50.8 cm³/mol. The number of aromatic nitrogens is 2. The number of nitrogens with zero attached hydrogens (tertiary/aromatic N) is 2. The Kier molecular flexibility index (Phi) is 4.18. The number of alkyl halides is 8. The van der Waals surface area contributed by atoms with Crippen LogP contribution in [0.1, 0.15) is 0 Å². The summed E-state index contributed by atoms with van der Waals surface area (Å²) in [5.74, 6) is -17.8. The lowest BCUT2D eigenvalue weighted by molar-refractivity contribution is -0.341. The van der Waals surface area contributed by atoms with E-state index in [1.165, 1.54) is 0 Å². The van der Waals surface area contributed by atoms with Crippen molar-refractivity contribution in [1.82, 2.24) is 9.78 Å². The summed E-state index contributed by atoms with van der Waals surface area (Å²) in [5, 5.41) is 3.17. The number of hydrogen-bond acceptors (Lipinski definition) is 1. The maximum Gasteiger partial charge on any atom is 0.379 e. The Bertz CT molecular complexity index is 444. The molecule has 0 saturated heterocycles. The van der Waals surface area contributed by atoms with E-state index < -0.39 is 30.7 Å². The number of halogens is 9. The Morgan fingerprint density at radius 1 is 1.16 bits per heavy atom. The van der Waals surface area contributed by atoms with Gasteiger partial charge in [0, 0.05) is 6.20 Å². The monoisotopic (exact) mass is 360 g/mol. The molecule has 0 N–H and O–H groups in total. The molecule has 1 rings (SSSR count). The zero-order valence-electron chi connectivity index (χ0n) is 8.74. The lowest BCUT2D eigenvalue weighted by atomic mass is 10.1. The van der Waals surface area contributed by atoms with Crippen molar-refractivity contribution in [3.63, 3.8) is 0 Å². The minimum absolute atomic E-state index is 0.132. The smallest absolute Gasteiger partial charge is 0.265 e. The van der Waals surface area contributed by atoms with Crippen LogP contribution in [-0.4, -0.2) is 34.0 Å². The molecule has 0 unspecified atom stereocenters. The van der Waals surface area contributed by atoms with Crippen LogP contribution in [0.4, 0.5) is 35.1 Å². The van der Waals surface area contributed by atoms with Crippen LogP contribution >= 0.6 is 15.9 Å². The molecule has 0 aliphatic carbocycles. The van der Waals surface area contributed by atoms with Gasteiger partial charge in [0.2, 0.25) is 0 Å². The minimum Gasteiger partial charge on any atom is -0.265 e. The first-order chi connectivity index (χ1) is 8.42. The van der Waals surface area contributed by atoms with Gasteiger partial charge >= 0.3 is 24.2 Å². The third-order valence-corrected chi connectivity index (χ3v) is 2.52. The first-order valence-corrected chi connectivity index (χ1v) is 5.30. The highest BCUT2D eigenvalue weighted by Gasteiger charge is 2.75. The van der Waals surface area contributed by atoms with E-state index in [1.807, 2.05) is 0 Å². The highest BCUT2D eigenvalue weighted by Crippen LogP contribution is 2.49. The van der Waals surface area contributed by atoms with Gasteiger partial charge in [-0.05, 0) is 15.9 Å². The molecular weight excluding hydrogens is 356 g/mol. The predicted octanol–water partition coefficient (Wildman–Crippen LogP) is 3.82. The number of rotatable bonds is 5. The lowest BCUT2D eigenvalue weighted by Crippen LogP contribution is -2.58. The van der Waals surface area contributed by atoms with Gasteiger partial charge in [-0.25, -0.2) is 8.78 Å². The first-order valence-electron chi connectivity index (χ1n) is 4.51. The molecule has 0 aliphatic rings. The lowest BCUT2D eigenvalue weighted by Gasteiger charge is -2.32. The maximum atomic E-state index is 13.1. The summed E-state index contributed by atoms with van der Waals surface area (Å²) >= 11 is 2.77. The molecule has 0 saturated carbocycles. The molecule has 0 aromatic carbocycles. The van der Waals surface area contributed by atoms with Crippen molar-refractivity contribution in [2.75, 3.05) is 0 Å². The Hall–Kier alpha value is -0.870. The van der Waals surface area contributed by atoms with Gasteiger partial charge in [0.05, 0.1) is 10.7 Å². The van der Waals surface area contributed by atoms with Crippen LogP contribution in [0.3, 0.4) is 0 Å². The molecule has 110 valence electrons. The van der Waals surface area contributed by atoms with Gasteiger partial charge in [0.25, 0.3) is 0 Å². The van der Waals surface area contributed by atoms with E-state index in [4.69, 9.17) is 0 Å². The van der Waals surface area contributed by atoms with Crippen LogP contribution in [-0.2, 0) is 6.54 Å². The van der Waals surface area contributed by atoms with Crippen LogP contribution < -0.4 is 0 Å². The Morgan fingerprint density at radius 3 is 2.05 bits per heavy atom. The molecule has 0 atom stereocenters. The summed E-state index contributed by atoms with van der Waals surface area (Å²) < 4.78 is 101. The zero-order valence-corrected chi connectivity index (χ0v) is 10.3. The Balaban J connectivity index is 3.04. The molecule has 0 fully saturated rings. The maximum absolute atomic E-state index is 13.1. The molecule has 0 amide bonds. The summed E-state index contributed by atoms with van der Waals surface area (Å²) in [7, 11) is 0. The van der Waals surface area contributed by atoms with Crippen LogP contribution in [0.5, 0.6) is 0 Å². The van der Waals surface area contributed by atoms with E-state index in [0.29, 0.717) is 0 Å². The van der Waals surface area contributed by atoms with Crippen LogP contribution in [0.15, 0.2) is 16.9 Å². The molecular formula is C8H5BrF8N2. The minimum atomic E-state index is -6.22. The second-order valence-corrected chi connectivity index (χ2v) is 4.47. The van der Waals surface area contributed by atoms with Gasteiger partial charge in [-0.2, -0.15) is 31.4 Å². The van der Waals surface area contributed by atoms with E-state index in [1.54, 1.807) is 0 Å². The van der Waals surface area contributed by atoms with Gasteiger partial charge in [-0.15, -0.1) is 0 Å². The normalized spacial score (nSPS) is 14.2. The average Bonchev–Trinajstić information content (AvgIpc) is 2.62. The highest BCUT2D eigenvalue weighted by atomic mass is 79.9. The molecule has 0 radical (unpaired) electrons. The van der Waals surface area contributed by atoms with Gasteiger partial charge in [-0.3, -0.25) is 4.68 Å². The quantitative estimate of drug-likeness (QED) is 0.730. The zero-order chi connectivity index (χ0) is 15.1. The molecule has 0 bridgehead atoms. The molecule has 1 aromatic rings. The molecule has 1 heterocycles. The van der Waals surface area contributed by atoms with E-state index in [-0.39, 0.29) is 9.15 Å². The highest BCUT2D eigenvalue weighted by molar-refractivity contribution is 9.10. The van der Waals surface area contributed by atoms with E-state index in [9.17, 15) is 35.1 Å². The SMILES string of the molecule is FC(F)C(F)(F)C(F)(F)C(F)(F)Cn1cc(Br)cn1. The van der Waals surface area contributed by atoms with Gasteiger partial charge < -0.3 is 0 Å². The second-order valence-electron chi connectivity index (χ2n) is 3.56. The van der Waals surface area contributed by atoms with Crippen LogP contribution in [0.25, 0.3) is 0 Å². The van der Waals surface area contributed by atoms with Crippen molar-refractivity contribution in [1.29, 1.82) is 0 Å². The first kappa shape index (κ1) is 16.2. The second kappa shape index (κ2) is 4.91. The van der Waals surface area contributed by atoms with Crippen molar-refractivity contribution < 1.29 is 35.1 Å². The Labute approximate surface area is 109 Å². The van der Waals surface area contributed by atoms with E-state index in [0.717, 1.165) is 12.4 Å². The van der Waals surface area contributed by atoms with Gasteiger partial charge in [0.15, 0.2) is 0 Å². The average molecular weight is 361 g/mol. The summed E-state index contributed by atoms with van der Waals surface area (Å²) in [4.78, 5) is 0. The molecule has 19 heavy (non-hydrogen) atoms. The van der Waals surface area contributed by atoms with Crippen molar-refractivity contribution in [3.8, 4) is 0 Å². The summed E-state index contributed by atoms with van der Waals surface area (Å²) in [6, 6.07) is 0. The summed E-state index contributed by atoms with van der Waals surface area (Å²) in [6.07, 6.45) is -3.16. The van der Waals surface area contributed by atoms with E-state index in [2.05, 4.69) is 21.0 Å². The van der Waals surface area contributed by atoms with Crippen molar-refractivity contribution in [2.24, 2.45) is 0 Å². The third kappa shape index (κ3) is 2.84. The van der Waals surface area contributed by atoms with Crippen molar-refractivity contribution >= 4 is 15.9 Å². The molecule has 1 aromatic heterocycles. The fraction of sp³-hybridized carbons (Fsp3) is 0.625. The van der Waals surface area contributed by atoms with Crippen LogP contribution in [0, 0.1) is 0 Å². The molecule has 0 spiro atoms. The van der Waals surface area contributed by atoms with Gasteiger partial charge in [-0.1, -0.05) is 0 Å². The summed E-state index contributed by atoms with van der Waals surface area (Å²) in [5.41, 5.74) is 0. The standard InChI is InChI=1S/C8H5BrF8N2/c9-4-1-18-19(2-4)3-6(12,13)8(16,17)7(14,15)5(10)11/h1-2,5H,3H2. The van der Waals surface area contributed by atoms with Crippen LogP contribution in [0.2, 0.25) is 0 Å². The molecule has 11 heteroatoms. The van der Waals surface area contributed by atoms with E-state index >= 15 is 0 Å². The topological polar surface area (TPSA) is 17.8 Å². The molecule has 0 aliphatic heterocycles. The summed E-state index contributed by atoms with van der Waals surface area (Å²) in [6.45, 7) is -1.96. The fourth-order valence-electron chi connectivity index (χ4n) is 1.11. The molecule has 2 nitrogen and oxygen atoms in total.